The first-order valence-electron chi connectivity index (χ1n) is 9.66. The zero-order valence-corrected chi connectivity index (χ0v) is 16.5. The van der Waals surface area contributed by atoms with Gasteiger partial charge in [-0.3, -0.25) is 9.69 Å². The van der Waals surface area contributed by atoms with E-state index in [1.807, 2.05) is 18.2 Å². The normalized spacial score (nSPS) is 15.6. The van der Waals surface area contributed by atoms with E-state index in [-0.39, 0.29) is 23.3 Å². The van der Waals surface area contributed by atoms with Crippen LogP contribution >= 0.6 is 0 Å². The summed E-state index contributed by atoms with van der Waals surface area (Å²) >= 11 is 0. The Balaban J connectivity index is 1.78. The number of carbonyl (C=O) groups excluding carboxylic acids is 1. The van der Waals surface area contributed by atoms with E-state index in [1.165, 1.54) is 19.6 Å². The fourth-order valence-corrected chi connectivity index (χ4v) is 3.72. The lowest BCUT2D eigenvalue weighted by Gasteiger charge is -2.35. The highest BCUT2D eigenvalue weighted by Gasteiger charge is 2.25. The second kappa shape index (κ2) is 9.46. The van der Waals surface area contributed by atoms with Gasteiger partial charge in [-0.2, -0.15) is 0 Å². The molecule has 0 saturated carbocycles. The maximum absolute atomic E-state index is 12.7. The first-order valence-corrected chi connectivity index (χ1v) is 9.66. The van der Waals surface area contributed by atoms with Crippen LogP contribution < -0.4 is 14.8 Å². The molecule has 28 heavy (non-hydrogen) atoms. The first kappa shape index (κ1) is 20.0. The maximum Gasteiger partial charge on any atom is 0.255 e. The molecule has 0 aliphatic carbocycles. The van der Waals surface area contributed by atoms with Crippen LogP contribution in [0.2, 0.25) is 0 Å². The third-order valence-corrected chi connectivity index (χ3v) is 5.23. The van der Waals surface area contributed by atoms with Crippen molar-refractivity contribution >= 4 is 5.91 Å². The largest absolute Gasteiger partial charge is 0.507 e. The van der Waals surface area contributed by atoms with Gasteiger partial charge in [0.05, 0.1) is 25.8 Å². The molecular formula is C22H28N2O4. The van der Waals surface area contributed by atoms with Crippen LogP contribution in [0.4, 0.5) is 0 Å². The van der Waals surface area contributed by atoms with Gasteiger partial charge in [0.25, 0.3) is 5.91 Å². The van der Waals surface area contributed by atoms with Gasteiger partial charge in [0.15, 0.2) is 0 Å². The van der Waals surface area contributed by atoms with Crippen molar-refractivity contribution in [2.75, 3.05) is 33.9 Å². The van der Waals surface area contributed by atoms with Crippen LogP contribution in [0.3, 0.4) is 0 Å². The van der Waals surface area contributed by atoms with Gasteiger partial charge in [0.2, 0.25) is 0 Å². The minimum absolute atomic E-state index is 0.0146. The number of para-hydroxylation sites is 1. The molecule has 2 aromatic rings. The molecule has 0 radical (unpaired) electrons. The Bertz CT molecular complexity index is 803. The topological polar surface area (TPSA) is 71.0 Å². The summed E-state index contributed by atoms with van der Waals surface area (Å²) in [5.41, 5.74) is 1.30. The summed E-state index contributed by atoms with van der Waals surface area (Å²) in [5, 5.41) is 13.1. The summed E-state index contributed by atoms with van der Waals surface area (Å²) in [6, 6.07) is 12.6. The van der Waals surface area contributed by atoms with Crippen molar-refractivity contribution in [3.63, 3.8) is 0 Å². The Kier molecular flexibility index (Phi) is 6.76. The highest BCUT2D eigenvalue weighted by molar-refractivity contribution is 5.97. The average molecular weight is 384 g/mol. The van der Waals surface area contributed by atoms with Crippen molar-refractivity contribution in [1.82, 2.24) is 10.2 Å². The fourth-order valence-electron chi connectivity index (χ4n) is 3.72. The standard InChI is InChI=1S/C22H28N2O4/c1-27-16-10-11-18(20(25)14-16)22(26)23-15-19(24-12-6-3-7-13-24)17-8-4-5-9-21(17)28-2/h4-5,8-11,14,19,25H,3,6-7,12-13,15H2,1-2H3,(H,23,26). The molecule has 2 N–H and O–H groups in total. The Morgan fingerprint density at radius 3 is 2.54 bits per heavy atom. The zero-order chi connectivity index (χ0) is 19.9. The first-order chi connectivity index (χ1) is 13.6. The number of benzene rings is 2. The predicted molar refractivity (Wildman–Crippen MR) is 108 cm³/mol. The van der Waals surface area contributed by atoms with E-state index in [4.69, 9.17) is 9.47 Å². The van der Waals surface area contributed by atoms with Crippen molar-refractivity contribution < 1.29 is 19.4 Å². The van der Waals surface area contributed by atoms with Gasteiger partial charge in [-0.05, 0) is 44.1 Å². The molecule has 1 aliphatic rings. The van der Waals surface area contributed by atoms with E-state index in [0.29, 0.717) is 12.3 Å². The van der Waals surface area contributed by atoms with Gasteiger partial charge in [-0.25, -0.2) is 0 Å². The van der Waals surface area contributed by atoms with Crippen LogP contribution in [0.5, 0.6) is 17.2 Å². The zero-order valence-electron chi connectivity index (χ0n) is 16.5. The monoisotopic (exact) mass is 384 g/mol. The second-order valence-electron chi connectivity index (χ2n) is 6.95. The minimum atomic E-state index is -0.308. The number of piperidine rings is 1. The van der Waals surface area contributed by atoms with Crippen LogP contribution in [0.1, 0.15) is 41.2 Å². The molecule has 6 heteroatoms. The van der Waals surface area contributed by atoms with Crippen LogP contribution in [-0.2, 0) is 0 Å². The molecule has 1 fully saturated rings. The number of amides is 1. The summed E-state index contributed by atoms with van der Waals surface area (Å²) in [7, 11) is 3.19. The molecule has 1 heterocycles. The number of aromatic hydroxyl groups is 1. The van der Waals surface area contributed by atoms with E-state index in [1.54, 1.807) is 19.2 Å². The van der Waals surface area contributed by atoms with Gasteiger partial charge in [-0.15, -0.1) is 0 Å². The highest BCUT2D eigenvalue weighted by atomic mass is 16.5. The molecule has 0 aromatic heterocycles. The molecule has 1 saturated heterocycles. The lowest BCUT2D eigenvalue weighted by Crippen LogP contribution is -2.40. The third kappa shape index (κ3) is 4.57. The number of ether oxygens (including phenoxy) is 2. The van der Waals surface area contributed by atoms with Gasteiger partial charge >= 0.3 is 0 Å². The number of methoxy groups -OCH3 is 2. The molecule has 1 aliphatic heterocycles. The number of carbonyl (C=O) groups is 1. The molecule has 1 amide bonds. The number of likely N-dealkylation sites (tertiary alicyclic amines) is 1. The molecule has 3 rings (SSSR count). The maximum atomic E-state index is 12.7. The van der Waals surface area contributed by atoms with Crippen LogP contribution in [0.15, 0.2) is 42.5 Å². The minimum Gasteiger partial charge on any atom is -0.507 e. The van der Waals surface area contributed by atoms with Crippen LogP contribution in [0, 0.1) is 0 Å². The van der Waals surface area contributed by atoms with Crippen molar-refractivity contribution in [1.29, 1.82) is 0 Å². The number of nitrogens with zero attached hydrogens (tertiary/aromatic N) is 1. The van der Waals surface area contributed by atoms with E-state index in [0.717, 1.165) is 37.2 Å². The molecule has 0 bridgehead atoms. The van der Waals surface area contributed by atoms with Crippen LogP contribution in [0.25, 0.3) is 0 Å². The summed E-state index contributed by atoms with van der Waals surface area (Å²) in [6.07, 6.45) is 3.54. The summed E-state index contributed by atoms with van der Waals surface area (Å²) in [4.78, 5) is 15.1. The molecule has 2 aromatic carbocycles. The number of hydrogen-bond donors (Lipinski definition) is 2. The molecule has 1 atom stereocenters. The number of nitrogens with one attached hydrogen (secondary N) is 1. The quantitative estimate of drug-likeness (QED) is 0.766. The van der Waals surface area contributed by atoms with Crippen molar-refractivity contribution in [2.45, 2.75) is 25.3 Å². The van der Waals surface area contributed by atoms with Gasteiger partial charge in [-0.1, -0.05) is 24.6 Å². The third-order valence-electron chi connectivity index (χ3n) is 5.23. The molecular weight excluding hydrogens is 356 g/mol. The van der Waals surface area contributed by atoms with Crippen LogP contribution in [-0.4, -0.2) is 49.8 Å². The molecule has 1 unspecified atom stereocenters. The number of rotatable bonds is 7. The number of phenols is 1. The van der Waals surface area contributed by atoms with Gasteiger partial charge in [0.1, 0.15) is 17.2 Å². The Morgan fingerprint density at radius 1 is 1.11 bits per heavy atom. The van der Waals surface area contributed by atoms with E-state index in [2.05, 4.69) is 16.3 Å². The predicted octanol–water partition coefficient (Wildman–Crippen LogP) is 3.37. The lowest BCUT2D eigenvalue weighted by molar-refractivity contribution is 0.0920. The Morgan fingerprint density at radius 2 is 1.86 bits per heavy atom. The molecule has 0 spiro atoms. The Labute approximate surface area is 166 Å². The molecule has 6 nitrogen and oxygen atoms in total. The number of phenolic OH excluding ortho intramolecular Hbond substituents is 1. The van der Waals surface area contributed by atoms with Gasteiger partial charge in [0, 0.05) is 18.2 Å². The fraction of sp³-hybridized carbons (Fsp3) is 0.409. The number of hydrogen-bond acceptors (Lipinski definition) is 5. The van der Waals surface area contributed by atoms with Gasteiger partial charge < -0.3 is 19.9 Å². The van der Waals surface area contributed by atoms with Crippen molar-refractivity contribution in [3.05, 3.63) is 53.6 Å². The lowest BCUT2D eigenvalue weighted by atomic mass is 10.0. The average Bonchev–Trinajstić information content (AvgIpc) is 2.74. The highest BCUT2D eigenvalue weighted by Crippen LogP contribution is 2.31. The summed E-state index contributed by atoms with van der Waals surface area (Å²) in [5.74, 6) is 0.926. The Hall–Kier alpha value is -2.73. The van der Waals surface area contributed by atoms with Crippen molar-refractivity contribution in [2.24, 2.45) is 0 Å². The smallest absolute Gasteiger partial charge is 0.255 e. The second-order valence-corrected chi connectivity index (χ2v) is 6.95. The van der Waals surface area contributed by atoms with E-state index in [9.17, 15) is 9.90 Å². The van der Waals surface area contributed by atoms with Crippen molar-refractivity contribution in [3.8, 4) is 17.2 Å². The molecule has 150 valence electrons. The summed E-state index contributed by atoms with van der Waals surface area (Å²) in [6.45, 7) is 2.42. The van der Waals surface area contributed by atoms with E-state index < -0.39 is 0 Å². The summed E-state index contributed by atoms with van der Waals surface area (Å²) < 4.78 is 10.6. The van der Waals surface area contributed by atoms with E-state index >= 15 is 0 Å². The SMILES string of the molecule is COc1ccc(C(=O)NCC(c2ccccc2OC)N2CCCCC2)c(O)c1.